The first kappa shape index (κ1) is 14.2. The molecule has 0 radical (unpaired) electrons. The van der Waals surface area contributed by atoms with E-state index >= 15 is 0 Å². The minimum atomic E-state index is -0.270. The Labute approximate surface area is 125 Å². The molecular formula is C16H22ClFN2. The van der Waals surface area contributed by atoms with E-state index in [4.69, 9.17) is 11.6 Å². The van der Waals surface area contributed by atoms with Crippen LogP contribution in [0.4, 0.5) is 10.1 Å². The van der Waals surface area contributed by atoms with Gasteiger partial charge < -0.3 is 10.2 Å². The number of piperazine rings is 1. The fourth-order valence-electron chi connectivity index (χ4n) is 3.61. The molecule has 20 heavy (non-hydrogen) atoms. The average Bonchev–Trinajstić information content (AvgIpc) is 2.43. The van der Waals surface area contributed by atoms with E-state index in [0.717, 1.165) is 18.8 Å². The van der Waals surface area contributed by atoms with Crippen molar-refractivity contribution in [3.05, 3.63) is 29.0 Å². The van der Waals surface area contributed by atoms with Gasteiger partial charge in [-0.25, -0.2) is 4.39 Å². The molecule has 1 aliphatic heterocycles. The van der Waals surface area contributed by atoms with E-state index in [1.165, 1.54) is 44.2 Å². The van der Waals surface area contributed by atoms with Crippen LogP contribution < -0.4 is 10.2 Å². The van der Waals surface area contributed by atoms with E-state index in [0.29, 0.717) is 11.1 Å². The van der Waals surface area contributed by atoms with Crippen molar-refractivity contribution in [1.82, 2.24) is 5.32 Å². The molecule has 0 aromatic heterocycles. The Morgan fingerprint density at radius 3 is 2.75 bits per heavy atom. The molecule has 1 atom stereocenters. The van der Waals surface area contributed by atoms with Crippen molar-refractivity contribution in [3.63, 3.8) is 0 Å². The SMILES string of the molecule is CC1CNC2(CCCCC2)CN1c1ccc(F)cc1Cl. The van der Waals surface area contributed by atoms with Crippen molar-refractivity contribution in [1.29, 1.82) is 0 Å². The molecule has 0 bridgehead atoms. The summed E-state index contributed by atoms with van der Waals surface area (Å²) in [5.41, 5.74) is 1.19. The van der Waals surface area contributed by atoms with Crippen molar-refractivity contribution in [3.8, 4) is 0 Å². The minimum absolute atomic E-state index is 0.225. The Hall–Kier alpha value is -0.800. The number of nitrogens with zero attached hydrogens (tertiary/aromatic N) is 1. The number of hydrogen-bond donors (Lipinski definition) is 1. The molecule has 2 nitrogen and oxygen atoms in total. The van der Waals surface area contributed by atoms with Crippen molar-refractivity contribution >= 4 is 17.3 Å². The molecule has 4 heteroatoms. The Kier molecular flexibility index (Phi) is 3.91. The molecule has 1 aliphatic carbocycles. The van der Waals surface area contributed by atoms with Crippen LogP contribution in [0, 0.1) is 5.82 Å². The van der Waals surface area contributed by atoms with E-state index in [-0.39, 0.29) is 11.4 Å². The van der Waals surface area contributed by atoms with Crippen LogP contribution in [0.1, 0.15) is 39.0 Å². The van der Waals surface area contributed by atoms with Crippen molar-refractivity contribution in [2.24, 2.45) is 0 Å². The van der Waals surface area contributed by atoms with E-state index < -0.39 is 0 Å². The minimum Gasteiger partial charge on any atom is -0.364 e. The van der Waals surface area contributed by atoms with E-state index in [9.17, 15) is 4.39 Å². The maximum absolute atomic E-state index is 13.2. The van der Waals surface area contributed by atoms with Crippen molar-refractivity contribution in [2.45, 2.75) is 50.6 Å². The van der Waals surface area contributed by atoms with Crippen molar-refractivity contribution in [2.75, 3.05) is 18.0 Å². The van der Waals surface area contributed by atoms with Gasteiger partial charge in [0.05, 0.1) is 10.7 Å². The second kappa shape index (κ2) is 5.53. The summed E-state index contributed by atoms with van der Waals surface area (Å²) in [4.78, 5) is 2.35. The van der Waals surface area contributed by atoms with Gasteiger partial charge in [0.2, 0.25) is 0 Å². The molecule has 2 fully saturated rings. The lowest BCUT2D eigenvalue weighted by atomic mass is 9.79. The highest BCUT2D eigenvalue weighted by atomic mass is 35.5. The standard InChI is InChI=1S/C16H22ClFN2/c1-12-10-19-16(7-3-2-4-8-16)11-20(12)15-6-5-13(18)9-14(15)17/h5-6,9,12,19H,2-4,7-8,10-11H2,1H3. The van der Waals surface area contributed by atoms with Crippen molar-refractivity contribution < 1.29 is 4.39 Å². The molecular weight excluding hydrogens is 275 g/mol. The van der Waals surface area contributed by atoms with Crippen LogP contribution >= 0.6 is 11.6 Å². The molecule has 3 rings (SSSR count). The second-order valence-electron chi connectivity index (χ2n) is 6.29. The quantitative estimate of drug-likeness (QED) is 0.843. The summed E-state index contributed by atoms with van der Waals surface area (Å²) < 4.78 is 13.2. The van der Waals surface area contributed by atoms with Gasteiger partial charge in [-0.05, 0) is 38.0 Å². The first-order valence-corrected chi connectivity index (χ1v) is 7.94. The summed E-state index contributed by atoms with van der Waals surface area (Å²) in [7, 11) is 0. The summed E-state index contributed by atoms with van der Waals surface area (Å²) in [5.74, 6) is -0.270. The number of halogens is 2. The Morgan fingerprint density at radius 1 is 1.30 bits per heavy atom. The smallest absolute Gasteiger partial charge is 0.124 e. The third kappa shape index (κ3) is 2.66. The van der Waals surface area contributed by atoms with Gasteiger partial charge in [-0.1, -0.05) is 30.9 Å². The predicted octanol–water partition coefficient (Wildman–Crippen LogP) is 3.98. The third-order valence-electron chi connectivity index (χ3n) is 4.81. The van der Waals surface area contributed by atoms with Crippen LogP contribution in [-0.4, -0.2) is 24.7 Å². The monoisotopic (exact) mass is 296 g/mol. The van der Waals surface area contributed by atoms with Gasteiger partial charge in [-0.2, -0.15) is 0 Å². The van der Waals surface area contributed by atoms with Crippen LogP contribution in [-0.2, 0) is 0 Å². The fraction of sp³-hybridized carbons (Fsp3) is 0.625. The molecule has 0 amide bonds. The van der Waals surface area contributed by atoms with Gasteiger partial charge in [-0.3, -0.25) is 0 Å². The van der Waals surface area contributed by atoms with Crippen LogP contribution in [0.2, 0.25) is 5.02 Å². The Bertz CT molecular complexity index is 485. The topological polar surface area (TPSA) is 15.3 Å². The maximum atomic E-state index is 13.2. The average molecular weight is 297 g/mol. The Morgan fingerprint density at radius 2 is 2.05 bits per heavy atom. The number of benzene rings is 1. The summed E-state index contributed by atoms with van der Waals surface area (Å²) >= 11 is 6.25. The van der Waals surface area contributed by atoms with Gasteiger partial charge in [0.1, 0.15) is 5.82 Å². The first-order valence-electron chi connectivity index (χ1n) is 7.56. The number of hydrogen-bond acceptors (Lipinski definition) is 2. The molecule has 1 aromatic carbocycles. The highest BCUT2D eigenvalue weighted by molar-refractivity contribution is 6.33. The summed E-state index contributed by atoms with van der Waals surface area (Å²) in [5, 5.41) is 4.27. The zero-order valence-electron chi connectivity index (χ0n) is 12.0. The molecule has 1 spiro atoms. The predicted molar refractivity (Wildman–Crippen MR) is 82.0 cm³/mol. The van der Waals surface area contributed by atoms with Crippen LogP contribution in [0.3, 0.4) is 0 Å². The lowest BCUT2D eigenvalue weighted by Crippen LogP contribution is -2.64. The van der Waals surface area contributed by atoms with Gasteiger partial charge in [0.25, 0.3) is 0 Å². The normalized spacial score (nSPS) is 25.9. The number of rotatable bonds is 1. The van der Waals surface area contributed by atoms with Gasteiger partial charge in [-0.15, -0.1) is 0 Å². The highest BCUT2D eigenvalue weighted by Crippen LogP contribution is 2.36. The number of anilines is 1. The molecule has 2 aliphatic rings. The first-order chi connectivity index (χ1) is 9.60. The summed E-state index contributed by atoms with van der Waals surface area (Å²) in [6.45, 7) is 4.13. The zero-order valence-corrected chi connectivity index (χ0v) is 12.7. The lowest BCUT2D eigenvalue weighted by Gasteiger charge is -2.50. The van der Waals surface area contributed by atoms with Crippen LogP contribution in [0.5, 0.6) is 0 Å². The van der Waals surface area contributed by atoms with Crippen LogP contribution in [0.25, 0.3) is 0 Å². The molecule has 1 saturated carbocycles. The zero-order chi connectivity index (χ0) is 14.2. The van der Waals surface area contributed by atoms with E-state index in [1.54, 1.807) is 0 Å². The highest BCUT2D eigenvalue weighted by Gasteiger charge is 2.39. The molecule has 1 N–H and O–H groups in total. The molecule has 1 unspecified atom stereocenters. The number of nitrogens with one attached hydrogen (secondary N) is 1. The second-order valence-corrected chi connectivity index (χ2v) is 6.70. The Balaban J connectivity index is 1.86. The molecule has 1 heterocycles. The molecule has 1 aromatic rings. The largest absolute Gasteiger partial charge is 0.364 e. The van der Waals surface area contributed by atoms with E-state index in [2.05, 4.69) is 17.1 Å². The molecule has 1 saturated heterocycles. The fourth-order valence-corrected chi connectivity index (χ4v) is 3.89. The summed E-state index contributed by atoms with van der Waals surface area (Å²) in [6.07, 6.45) is 6.40. The van der Waals surface area contributed by atoms with Gasteiger partial charge >= 0.3 is 0 Å². The maximum Gasteiger partial charge on any atom is 0.124 e. The van der Waals surface area contributed by atoms with Gasteiger partial charge in [0, 0.05) is 24.7 Å². The lowest BCUT2D eigenvalue weighted by molar-refractivity contribution is 0.200. The summed E-state index contributed by atoms with van der Waals surface area (Å²) in [6, 6.07) is 5.11. The third-order valence-corrected chi connectivity index (χ3v) is 5.11. The van der Waals surface area contributed by atoms with Gasteiger partial charge in [0.15, 0.2) is 0 Å². The van der Waals surface area contributed by atoms with E-state index in [1.807, 2.05) is 6.07 Å². The van der Waals surface area contributed by atoms with Crippen LogP contribution in [0.15, 0.2) is 18.2 Å². The molecule has 110 valence electrons.